The molecule has 26 heavy (non-hydrogen) atoms. The second-order valence-electron chi connectivity index (χ2n) is 6.48. The summed E-state index contributed by atoms with van der Waals surface area (Å²) in [6.07, 6.45) is 8.57. The molecule has 3 heterocycles. The first-order valence-electron chi connectivity index (χ1n) is 9.06. The zero-order valence-electron chi connectivity index (χ0n) is 14.6. The van der Waals surface area contributed by atoms with Gasteiger partial charge < -0.3 is 19.4 Å². The van der Waals surface area contributed by atoms with Gasteiger partial charge in [0.05, 0.1) is 0 Å². The van der Waals surface area contributed by atoms with E-state index in [1.807, 2.05) is 18.2 Å². The SMILES string of the molecule is O=C(/C=C/c1ccc2c(c1)OCO2)NCCc1nnc2n1CCCCC2. The van der Waals surface area contributed by atoms with Crippen LogP contribution in [0.2, 0.25) is 0 Å². The van der Waals surface area contributed by atoms with Crippen LogP contribution in [0.3, 0.4) is 0 Å². The van der Waals surface area contributed by atoms with Crippen molar-refractivity contribution < 1.29 is 14.3 Å². The molecule has 0 radical (unpaired) electrons. The minimum Gasteiger partial charge on any atom is -0.454 e. The van der Waals surface area contributed by atoms with E-state index < -0.39 is 0 Å². The van der Waals surface area contributed by atoms with Crippen LogP contribution in [0, 0.1) is 0 Å². The number of aromatic nitrogens is 3. The lowest BCUT2D eigenvalue weighted by Gasteiger charge is -2.07. The Morgan fingerprint density at radius 2 is 2.12 bits per heavy atom. The van der Waals surface area contributed by atoms with Crippen LogP contribution in [0.25, 0.3) is 6.08 Å². The van der Waals surface area contributed by atoms with E-state index >= 15 is 0 Å². The number of benzene rings is 1. The summed E-state index contributed by atoms with van der Waals surface area (Å²) in [5, 5.41) is 11.5. The molecule has 7 heteroatoms. The quantitative estimate of drug-likeness (QED) is 0.832. The molecule has 1 aromatic heterocycles. The molecule has 2 aliphatic heterocycles. The highest BCUT2D eigenvalue weighted by atomic mass is 16.7. The molecule has 1 amide bonds. The lowest BCUT2D eigenvalue weighted by atomic mass is 10.2. The number of rotatable bonds is 5. The molecule has 0 atom stereocenters. The van der Waals surface area contributed by atoms with Gasteiger partial charge in [0.1, 0.15) is 11.6 Å². The molecule has 1 aromatic carbocycles. The first-order valence-corrected chi connectivity index (χ1v) is 9.06. The fraction of sp³-hybridized carbons (Fsp3) is 0.421. The van der Waals surface area contributed by atoms with Crippen molar-refractivity contribution >= 4 is 12.0 Å². The van der Waals surface area contributed by atoms with Crippen LogP contribution < -0.4 is 14.8 Å². The monoisotopic (exact) mass is 354 g/mol. The summed E-state index contributed by atoms with van der Waals surface area (Å²) in [7, 11) is 0. The molecule has 0 saturated heterocycles. The third-order valence-corrected chi connectivity index (χ3v) is 4.66. The zero-order valence-corrected chi connectivity index (χ0v) is 14.6. The number of hydrogen-bond donors (Lipinski definition) is 1. The van der Waals surface area contributed by atoms with E-state index in [0.29, 0.717) is 18.7 Å². The van der Waals surface area contributed by atoms with Gasteiger partial charge in [0.2, 0.25) is 12.7 Å². The summed E-state index contributed by atoms with van der Waals surface area (Å²) in [6.45, 7) is 1.77. The minimum absolute atomic E-state index is 0.127. The highest BCUT2D eigenvalue weighted by Crippen LogP contribution is 2.32. The minimum atomic E-state index is -0.127. The second kappa shape index (κ2) is 7.59. The predicted molar refractivity (Wildman–Crippen MR) is 95.9 cm³/mol. The molecule has 7 nitrogen and oxygen atoms in total. The number of nitrogens with zero attached hydrogens (tertiary/aromatic N) is 3. The van der Waals surface area contributed by atoms with Crippen LogP contribution in [0.4, 0.5) is 0 Å². The van der Waals surface area contributed by atoms with Gasteiger partial charge >= 0.3 is 0 Å². The second-order valence-corrected chi connectivity index (χ2v) is 6.48. The molecule has 4 rings (SSSR count). The average molecular weight is 354 g/mol. The fourth-order valence-electron chi connectivity index (χ4n) is 3.28. The maximum absolute atomic E-state index is 12.0. The summed E-state index contributed by atoms with van der Waals surface area (Å²) in [4.78, 5) is 12.0. The maximum Gasteiger partial charge on any atom is 0.244 e. The van der Waals surface area contributed by atoms with Gasteiger partial charge in [-0.2, -0.15) is 0 Å². The summed E-state index contributed by atoms with van der Waals surface area (Å²) < 4.78 is 12.8. The van der Waals surface area contributed by atoms with Crippen molar-refractivity contribution in [2.24, 2.45) is 0 Å². The molecule has 2 aromatic rings. The van der Waals surface area contributed by atoms with E-state index in [1.165, 1.54) is 25.3 Å². The Bertz CT molecular complexity index is 828. The van der Waals surface area contributed by atoms with E-state index in [2.05, 4.69) is 20.1 Å². The molecule has 136 valence electrons. The number of aryl methyl sites for hydroxylation is 1. The number of carbonyl (C=O) groups excluding carboxylic acids is 1. The van der Waals surface area contributed by atoms with Crippen molar-refractivity contribution in [3.63, 3.8) is 0 Å². The topological polar surface area (TPSA) is 78.3 Å². The zero-order chi connectivity index (χ0) is 17.8. The molecule has 0 unspecified atom stereocenters. The van der Waals surface area contributed by atoms with Crippen LogP contribution in [0.1, 0.15) is 36.5 Å². The highest BCUT2D eigenvalue weighted by molar-refractivity contribution is 5.91. The molecule has 0 bridgehead atoms. The van der Waals surface area contributed by atoms with Crippen molar-refractivity contribution in [1.29, 1.82) is 0 Å². The first-order chi connectivity index (χ1) is 12.8. The van der Waals surface area contributed by atoms with E-state index in [4.69, 9.17) is 9.47 Å². The van der Waals surface area contributed by atoms with Crippen molar-refractivity contribution in [2.45, 2.75) is 38.6 Å². The van der Waals surface area contributed by atoms with Gasteiger partial charge in [-0.05, 0) is 36.6 Å². The number of ether oxygens (including phenoxy) is 2. The summed E-state index contributed by atoms with van der Waals surface area (Å²) in [6, 6.07) is 5.59. The molecule has 0 saturated carbocycles. The summed E-state index contributed by atoms with van der Waals surface area (Å²) in [5.41, 5.74) is 0.896. The Hall–Kier alpha value is -2.83. The van der Waals surface area contributed by atoms with Gasteiger partial charge in [-0.1, -0.05) is 12.5 Å². The number of hydrogen-bond acceptors (Lipinski definition) is 5. The molecule has 0 spiro atoms. The predicted octanol–water partition coefficient (Wildman–Crippen LogP) is 2.11. The van der Waals surface area contributed by atoms with Gasteiger partial charge in [0.25, 0.3) is 0 Å². The number of nitrogens with one attached hydrogen (secondary N) is 1. The Morgan fingerprint density at radius 3 is 3.08 bits per heavy atom. The third kappa shape index (κ3) is 3.71. The molecule has 0 fully saturated rings. The van der Waals surface area contributed by atoms with Gasteiger partial charge in [0, 0.05) is 32.0 Å². The summed E-state index contributed by atoms with van der Waals surface area (Å²) >= 11 is 0. The molecular weight excluding hydrogens is 332 g/mol. The van der Waals surface area contributed by atoms with Crippen molar-refractivity contribution in [1.82, 2.24) is 20.1 Å². The van der Waals surface area contributed by atoms with Crippen LogP contribution >= 0.6 is 0 Å². The van der Waals surface area contributed by atoms with Crippen molar-refractivity contribution in [3.8, 4) is 11.5 Å². The van der Waals surface area contributed by atoms with E-state index in [1.54, 1.807) is 6.08 Å². The van der Waals surface area contributed by atoms with E-state index in [9.17, 15) is 4.79 Å². The fourth-order valence-corrected chi connectivity index (χ4v) is 3.28. The van der Waals surface area contributed by atoms with Crippen LogP contribution in [0.5, 0.6) is 11.5 Å². The maximum atomic E-state index is 12.0. The van der Waals surface area contributed by atoms with E-state index in [0.717, 1.165) is 35.9 Å². The molecule has 1 N–H and O–H groups in total. The lowest BCUT2D eigenvalue weighted by molar-refractivity contribution is -0.116. The molecule has 2 aliphatic rings. The van der Waals surface area contributed by atoms with Crippen LogP contribution in [0.15, 0.2) is 24.3 Å². The van der Waals surface area contributed by atoms with Crippen LogP contribution in [-0.2, 0) is 24.2 Å². The van der Waals surface area contributed by atoms with Crippen LogP contribution in [-0.4, -0.2) is 34.0 Å². The Kier molecular flexibility index (Phi) is 4.86. The van der Waals surface area contributed by atoms with Gasteiger partial charge in [-0.15, -0.1) is 10.2 Å². The van der Waals surface area contributed by atoms with Gasteiger partial charge in [-0.25, -0.2) is 0 Å². The summed E-state index contributed by atoms with van der Waals surface area (Å²) in [5.74, 6) is 3.35. The number of amides is 1. The largest absolute Gasteiger partial charge is 0.454 e. The standard InChI is InChI=1S/C19H22N4O3/c24-19(8-6-14-5-7-15-16(12-14)26-13-25-15)20-10-9-18-22-21-17-4-2-1-3-11-23(17)18/h5-8,12H,1-4,9-11,13H2,(H,20,24)/b8-6+. The molecular formula is C19H22N4O3. The number of fused-ring (bicyclic) bond motifs is 2. The first kappa shape index (κ1) is 16.6. The highest BCUT2D eigenvalue weighted by Gasteiger charge is 2.14. The lowest BCUT2D eigenvalue weighted by Crippen LogP contribution is -2.24. The third-order valence-electron chi connectivity index (χ3n) is 4.66. The van der Waals surface area contributed by atoms with E-state index in [-0.39, 0.29) is 12.7 Å². The van der Waals surface area contributed by atoms with Crippen molar-refractivity contribution in [2.75, 3.05) is 13.3 Å². The smallest absolute Gasteiger partial charge is 0.244 e. The van der Waals surface area contributed by atoms with Gasteiger partial charge in [-0.3, -0.25) is 4.79 Å². The average Bonchev–Trinajstić information content (AvgIpc) is 3.20. The molecule has 0 aliphatic carbocycles. The Morgan fingerprint density at radius 1 is 1.19 bits per heavy atom. The Balaban J connectivity index is 1.28. The normalized spacial score (nSPS) is 15.7. The van der Waals surface area contributed by atoms with Crippen molar-refractivity contribution in [3.05, 3.63) is 41.5 Å². The number of carbonyl (C=O) groups is 1. The Labute approximate surface area is 152 Å². The van der Waals surface area contributed by atoms with Gasteiger partial charge in [0.15, 0.2) is 11.5 Å².